The largest absolute Gasteiger partial charge is 0.397 e. The van der Waals surface area contributed by atoms with Crippen LogP contribution in [0.25, 0.3) is 32.9 Å². The Kier molecular flexibility index (Phi) is 6.56. The van der Waals surface area contributed by atoms with Gasteiger partial charge in [0, 0.05) is 37.2 Å². The van der Waals surface area contributed by atoms with Gasteiger partial charge in [-0.2, -0.15) is 0 Å². The third-order valence-corrected chi connectivity index (χ3v) is 5.31. The van der Waals surface area contributed by atoms with Crippen LogP contribution >= 0.6 is 24.0 Å². The first kappa shape index (κ1) is 20.2. The van der Waals surface area contributed by atoms with Crippen LogP contribution in [0.3, 0.4) is 0 Å². The molecule has 0 spiro atoms. The molecule has 0 aliphatic carbocycles. The SMILES string of the molecule is CCOC.Nc1c(S)sc2nc(-c3cccnc3)nc(-c3ccc(F)cc3)c12. The maximum absolute atomic E-state index is 13.3. The number of halogens is 1. The molecule has 0 bridgehead atoms. The summed E-state index contributed by atoms with van der Waals surface area (Å²) in [4.78, 5) is 14.1. The van der Waals surface area contributed by atoms with Gasteiger partial charge in [0.1, 0.15) is 10.6 Å². The number of benzene rings is 1. The lowest BCUT2D eigenvalue weighted by Crippen LogP contribution is -1.95. The van der Waals surface area contributed by atoms with Crippen LogP contribution in [0.2, 0.25) is 0 Å². The summed E-state index contributed by atoms with van der Waals surface area (Å²) in [5.74, 6) is 0.245. The molecule has 0 radical (unpaired) electrons. The van der Waals surface area contributed by atoms with Crippen LogP contribution in [-0.4, -0.2) is 28.7 Å². The molecule has 2 N–H and O–H groups in total. The van der Waals surface area contributed by atoms with Crippen molar-refractivity contribution in [2.75, 3.05) is 19.5 Å². The summed E-state index contributed by atoms with van der Waals surface area (Å²) in [6, 6.07) is 9.88. The molecule has 3 heterocycles. The van der Waals surface area contributed by atoms with E-state index in [1.165, 1.54) is 23.5 Å². The number of thiophene rings is 1. The number of anilines is 1. The number of ether oxygens (including phenoxy) is 1. The first-order valence-electron chi connectivity index (χ1n) is 8.49. The van der Waals surface area contributed by atoms with Gasteiger partial charge >= 0.3 is 0 Å². The van der Waals surface area contributed by atoms with Crippen molar-refractivity contribution in [1.82, 2.24) is 15.0 Å². The van der Waals surface area contributed by atoms with E-state index in [4.69, 9.17) is 5.73 Å². The van der Waals surface area contributed by atoms with Crippen molar-refractivity contribution in [3.63, 3.8) is 0 Å². The number of methoxy groups -OCH3 is 1. The van der Waals surface area contributed by atoms with Crippen LogP contribution in [0.5, 0.6) is 0 Å². The maximum atomic E-state index is 13.3. The molecule has 3 aromatic heterocycles. The minimum Gasteiger partial charge on any atom is -0.397 e. The Morgan fingerprint density at radius 1 is 1.14 bits per heavy atom. The Bertz CT molecular complexity index is 1070. The van der Waals surface area contributed by atoms with Gasteiger partial charge in [0.05, 0.1) is 21.0 Å². The molecule has 0 unspecified atom stereocenters. The van der Waals surface area contributed by atoms with Crippen LogP contribution in [0.15, 0.2) is 53.0 Å². The smallest absolute Gasteiger partial charge is 0.162 e. The molecule has 28 heavy (non-hydrogen) atoms. The monoisotopic (exact) mass is 414 g/mol. The summed E-state index contributed by atoms with van der Waals surface area (Å²) < 4.78 is 18.5. The number of fused-ring (bicyclic) bond motifs is 1. The number of nitrogens with two attached hydrogens (primary N) is 1. The number of rotatable bonds is 3. The number of nitrogen functional groups attached to an aromatic ring is 1. The first-order valence-corrected chi connectivity index (χ1v) is 9.75. The fourth-order valence-electron chi connectivity index (χ4n) is 2.45. The van der Waals surface area contributed by atoms with Gasteiger partial charge in [0.2, 0.25) is 0 Å². The zero-order valence-corrected chi connectivity index (χ0v) is 17.1. The van der Waals surface area contributed by atoms with E-state index in [0.717, 1.165) is 28.0 Å². The third-order valence-electron chi connectivity index (χ3n) is 3.89. The zero-order valence-electron chi connectivity index (χ0n) is 15.4. The highest BCUT2D eigenvalue weighted by Gasteiger charge is 2.17. The van der Waals surface area contributed by atoms with E-state index >= 15 is 0 Å². The van der Waals surface area contributed by atoms with Gasteiger partial charge in [-0.05, 0) is 43.3 Å². The van der Waals surface area contributed by atoms with Gasteiger partial charge in [-0.3, -0.25) is 4.98 Å². The lowest BCUT2D eigenvalue weighted by atomic mass is 10.1. The molecule has 1 aromatic carbocycles. The van der Waals surface area contributed by atoms with Gasteiger partial charge in [-0.1, -0.05) is 0 Å². The average Bonchev–Trinajstić information content (AvgIpc) is 3.02. The van der Waals surface area contributed by atoms with Crippen molar-refractivity contribution in [1.29, 1.82) is 0 Å². The molecule has 144 valence electrons. The zero-order chi connectivity index (χ0) is 20.1. The maximum Gasteiger partial charge on any atom is 0.162 e. The van der Waals surface area contributed by atoms with Crippen LogP contribution in [0.4, 0.5) is 10.1 Å². The highest BCUT2D eigenvalue weighted by Crippen LogP contribution is 2.41. The van der Waals surface area contributed by atoms with Gasteiger partial charge in [0.25, 0.3) is 0 Å². The summed E-state index contributed by atoms with van der Waals surface area (Å²) in [5.41, 5.74) is 8.93. The molecule has 4 aromatic rings. The first-order chi connectivity index (χ1) is 13.5. The fourth-order valence-corrected chi connectivity index (χ4v) is 3.66. The molecule has 5 nitrogen and oxygen atoms in total. The molecule has 0 saturated heterocycles. The minimum atomic E-state index is -0.301. The number of nitrogens with zero attached hydrogens (tertiary/aromatic N) is 3. The second-order valence-corrected chi connectivity index (χ2v) is 7.47. The number of aromatic nitrogens is 3. The van der Waals surface area contributed by atoms with E-state index in [-0.39, 0.29) is 5.82 Å². The van der Waals surface area contributed by atoms with E-state index in [0.29, 0.717) is 21.4 Å². The fraction of sp³-hybridized carbons (Fsp3) is 0.150. The molecule has 0 saturated carbocycles. The summed E-state index contributed by atoms with van der Waals surface area (Å²) in [6.45, 7) is 2.78. The van der Waals surface area contributed by atoms with Crippen molar-refractivity contribution in [3.05, 3.63) is 54.6 Å². The molecule has 0 aliphatic heterocycles. The van der Waals surface area contributed by atoms with Crippen LogP contribution < -0.4 is 5.73 Å². The predicted molar refractivity (Wildman–Crippen MR) is 115 cm³/mol. The second kappa shape index (κ2) is 9.09. The highest BCUT2D eigenvalue weighted by molar-refractivity contribution is 7.83. The van der Waals surface area contributed by atoms with Crippen molar-refractivity contribution >= 4 is 39.9 Å². The Balaban J connectivity index is 0.000000516. The van der Waals surface area contributed by atoms with Gasteiger partial charge in [0.15, 0.2) is 5.82 Å². The van der Waals surface area contributed by atoms with E-state index in [2.05, 4.69) is 32.3 Å². The lowest BCUT2D eigenvalue weighted by Gasteiger charge is -2.07. The predicted octanol–water partition coefficient (Wildman–Crippen LogP) is 5.08. The molecule has 0 fully saturated rings. The summed E-state index contributed by atoms with van der Waals surface area (Å²) >= 11 is 5.80. The van der Waals surface area contributed by atoms with Gasteiger partial charge < -0.3 is 10.5 Å². The Labute approximate surface area is 171 Å². The number of pyridine rings is 1. The van der Waals surface area contributed by atoms with Crippen molar-refractivity contribution in [2.24, 2.45) is 0 Å². The van der Waals surface area contributed by atoms with Crippen LogP contribution in [0.1, 0.15) is 6.92 Å². The number of thiol groups is 1. The normalized spacial score (nSPS) is 10.6. The summed E-state index contributed by atoms with van der Waals surface area (Å²) in [6.07, 6.45) is 3.39. The van der Waals surface area contributed by atoms with E-state index in [1.807, 2.05) is 19.1 Å². The second-order valence-electron chi connectivity index (χ2n) is 5.72. The minimum absolute atomic E-state index is 0.301. The third kappa shape index (κ3) is 4.30. The van der Waals surface area contributed by atoms with Gasteiger partial charge in [-0.25, -0.2) is 14.4 Å². The molecular weight excluding hydrogens is 395 g/mol. The Morgan fingerprint density at radius 3 is 2.46 bits per heavy atom. The highest BCUT2D eigenvalue weighted by atomic mass is 32.2. The molecule has 8 heteroatoms. The Hall–Kier alpha value is -2.55. The number of hydrogen-bond acceptors (Lipinski definition) is 7. The standard InChI is InChI=1S/C17H11FN4S2.C3H8O/c18-11-5-3-9(4-6-11)14-12-13(19)17(23)24-16(12)22-15(21-14)10-2-1-7-20-8-10;1-3-4-2/h1-8,23H,19H2;3H2,1-2H3. The quantitative estimate of drug-likeness (QED) is 0.457. The van der Waals surface area contributed by atoms with Crippen molar-refractivity contribution in [2.45, 2.75) is 11.1 Å². The van der Waals surface area contributed by atoms with Crippen LogP contribution in [0, 0.1) is 5.82 Å². The van der Waals surface area contributed by atoms with Crippen LogP contribution in [-0.2, 0) is 4.74 Å². The number of hydrogen-bond donors (Lipinski definition) is 2. The molecule has 0 amide bonds. The average molecular weight is 415 g/mol. The van der Waals surface area contributed by atoms with E-state index < -0.39 is 0 Å². The molecule has 0 aliphatic rings. The Morgan fingerprint density at radius 2 is 1.86 bits per heavy atom. The van der Waals surface area contributed by atoms with Gasteiger partial charge in [-0.15, -0.1) is 24.0 Å². The van der Waals surface area contributed by atoms with Crippen molar-refractivity contribution in [3.8, 4) is 22.6 Å². The topological polar surface area (TPSA) is 73.9 Å². The lowest BCUT2D eigenvalue weighted by molar-refractivity contribution is 0.215. The van der Waals surface area contributed by atoms with E-state index in [9.17, 15) is 4.39 Å². The molecule has 0 atom stereocenters. The van der Waals surface area contributed by atoms with E-state index in [1.54, 1.807) is 31.6 Å². The summed E-state index contributed by atoms with van der Waals surface area (Å²) in [5, 5.41) is 0.740. The summed E-state index contributed by atoms with van der Waals surface area (Å²) in [7, 11) is 1.68. The van der Waals surface area contributed by atoms with Crippen molar-refractivity contribution < 1.29 is 9.13 Å². The molecular formula is C20H19FN4OS2. The molecule has 4 rings (SSSR count).